The summed E-state index contributed by atoms with van der Waals surface area (Å²) in [6.07, 6.45) is 0.942. The van der Waals surface area contributed by atoms with Gasteiger partial charge in [-0.3, -0.25) is 9.59 Å². The number of hydrogen-bond acceptors (Lipinski definition) is 4. The topological polar surface area (TPSA) is 52.6 Å². The Labute approximate surface area is 112 Å². The van der Waals surface area contributed by atoms with E-state index in [4.69, 9.17) is 9.47 Å². The number of carbonyl (C=O) groups excluding carboxylic acids is 2. The van der Waals surface area contributed by atoms with Gasteiger partial charge in [0.1, 0.15) is 11.6 Å². The minimum Gasteiger partial charge on any atom is -0.454 e. The molecule has 0 spiro atoms. The van der Waals surface area contributed by atoms with E-state index in [0.29, 0.717) is 24.3 Å². The van der Waals surface area contributed by atoms with Crippen molar-refractivity contribution in [2.75, 3.05) is 6.79 Å². The van der Waals surface area contributed by atoms with Crippen LogP contribution in [0.15, 0.2) is 16.6 Å². The molecule has 18 heavy (non-hydrogen) atoms. The average Bonchev–Trinajstić information content (AvgIpc) is 2.76. The molecule has 0 saturated heterocycles. The molecule has 1 aliphatic heterocycles. The van der Waals surface area contributed by atoms with Crippen LogP contribution in [0.2, 0.25) is 0 Å². The second kappa shape index (κ2) is 4.39. The molecule has 0 unspecified atom stereocenters. The third kappa shape index (κ3) is 2.03. The fraction of sp³-hybridized carbons (Fsp3) is 0.385. The molecule has 0 aromatic heterocycles. The summed E-state index contributed by atoms with van der Waals surface area (Å²) < 4.78 is 11.5. The summed E-state index contributed by atoms with van der Waals surface area (Å²) in [6, 6.07) is 3.77. The monoisotopic (exact) mass is 310 g/mol. The molecule has 1 aromatic rings. The van der Waals surface area contributed by atoms with Gasteiger partial charge in [0.2, 0.25) is 6.79 Å². The van der Waals surface area contributed by atoms with Crippen LogP contribution in [-0.2, 0) is 9.59 Å². The highest BCUT2D eigenvalue weighted by atomic mass is 79.9. The Hall–Kier alpha value is -1.36. The lowest BCUT2D eigenvalue weighted by molar-refractivity contribution is -0.130. The number of benzene rings is 1. The Morgan fingerprint density at radius 3 is 2.56 bits per heavy atom. The first-order valence-corrected chi connectivity index (χ1v) is 6.55. The fourth-order valence-corrected chi connectivity index (χ4v) is 3.02. The van der Waals surface area contributed by atoms with Crippen molar-refractivity contribution in [2.45, 2.75) is 25.2 Å². The molecule has 3 rings (SSSR count). The minimum absolute atomic E-state index is 0.0186. The zero-order valence-electron chi connectivity index (χ0n) is 9.57. The lowest BCUT2D eigenvalue weighted by Gasteiger charge is -2.20. The number of fused-ring (bicyclic) bond motifs is 1. The van der Waals surface area contributed by atoms with Gasteiger partial charge >= 0.3 is 0 Å². The van der Waals surface area contributed by atoms with Crippen LogP contribution < -0.4 is 9.47 Å². The highest BCUT2D eigenvalue weighted by Crippen LogP contribution is 2.43. The van der Waals surface area contributed by atoms with Crippen LogP contribution in [0.4, 0.5) is 0 Å². The maximum Gasteiger partial charge on any atom is 0.231 e. The van der Waals surface area contributed by atoms with Crippen molar-refractivity contribution < 1.29 is 19.1 Å². The summed E-state index contributed by atoms with van der Waals surface area (Å²) in [5.41, 5.74) is 0.951. The number of halogens is 1. The molecule has 0 N–H and O–H groups in total. The quantitative estimate of drug-likeness (QED) is 0.748. The zero-order chi connectivity index (χ0) is 12.7. The van der Waals surface area contributed by atoms with E-state index >= 15 is 0 Å². The van der Waals surface area contributed by atoms with E-state index in [0.717, 1.165) is 10.0 Å². The van der Waals surface area contributed by atoms with Gasteiger partial charge in [-0.05, 0) is 39.5 Å². The van der Waals surface area contributed by atoms with Gasteiger partial charge in [-0.25, -0.2) is 0 Å². The smallest absolute Gasteiger partial charge is 0.231 e. The lowest BCUT2D eigenvalue weighted by Crippen LogP contribution is -2.21. The summed E-state index contributed by atoms with van der Waals surface area (Å²) in [5, 5.41) is 0. The van der Waals surface area contributed by atoms with E-state index < -0.39 is 0 Å². The van der Waals surface area contributed by atoms with E-state index in [1.165, 1.54) is 0 Å². The highest BCUT2D eigenvalue weighted by molar-refractivity contribution is 9.10. The average molecular weight is 311 g/mol. The van der Waals surface area contributed by atoms with Gasteiger partial charge in [0.25, 0.3) is 0 Å². The minimum atomic E-state index is -0.0375. The molecular formula is C13H11BrO4. The highest BCUT2D eigenvalue weighted by Gasteiger charge is 2.28. The first-order valence-electron chi connectivity index (χ1n) is 5.76. The number of rotatable bonds is 1. The molecule has 4 nitrogen and oxygen atoms in total. The Kier molecular flexibility index (Phi) is 2.86. The van der Waals surface area contributed by atoms with Crippen molar-refractivity contribution in [3.05, 3.63) is 22.2 Å². The third-order valence-electron chi connectivity index (χ3n) is 3.26. The molecule has 0 atom stereocenters. The van der Waals surface area contributed by atoms with Crippen LogP contribution >= 0.6 is 15.9 Å². The van der Waals surface area contributed by atoms with Crippen LogP contribution in [0.5, 0.6) is 11.5 Å². The molecule has 0 amide bonds. The van der Waals surface area contributed by atoms with Crippen LogP contribution in [0.3, 0.4) is 0 Å². The van der Waals surface area contributed by atoms with Crippen LogP contribution in [-0.4, -0.2) is 18.4 Å². The normalized spacial score (nSPS) is 19.4. The molecule has 1 heterocycles. The summed E-state index contributed by atoms with van der Waals surface area (Å²) in [7, 11) is 0. The number of Topliss-reactive ketones (excluding diaryl/α,β-unsaturated/α-hetero) is 2. The summed E-state index contributed by atoms with van der Waals surface area (Å²) in [4.78, 5) is 23.0. The summed E-state index contributed by atoms with van der Waals surface area (Å²) in [5.74, 6) is 1.36. The van der Waals surface area contributed by atoms with Gasteiger partial charge < -0.3 is 9.47 Å². The maximum absolute atomic E-state index is 11.5. The number of carbonyl (C=O) groups is 2. The second-order valence-electron chi connectivity index (χ2n) is 4.60. The van der Waals surface area contributed by atoms with E-state index in [-0.39, 0.29) is 30.7 Å². The van der Waals surface area contributed by atoms with E-state index in [1.54, 1.807) is 0 Å². The molecule has 1 aromatic carbocycles. The van der Waals surface area contributed by atoms with Crippen molar-refractivity contribution in [3.63, 3.8) is 0 Å². The second-order valence-corrected chi connectivity index (χ2v) is 5.45. The molecule has 94 valence electrons. The molecule has 2 aliphatic rings. The van der Waals surface area contributed by atoms with E-state index in [9.17, 15) is 9.59 Å². The zero-order valence-corrected chi connectivity index (χ0v) is 11.2. The van der Waals surface area contributed by atoms with Gasteiger partial charge in [-0.2, -0.15) is 0 Å². The van der Waals surface area contributed by atoms with Crippen LogP contribution in [0.1, 0.15) is 30.7 Å². The number of ether oxygens (including phenoxy) is 2. The SMILES string of the molecule is O=C1CC(=O)CC(c2cc(Br)c3c(c2)OCO3)C1. The number of hydrogen-bond donors (Lipinski definition) is 0. The third-order valence-corrected chi connectivity index (χ3v) is 3.85. The van der Waals surface area contributed by atoms with Crippen LogP contribution in [0.25, 0.3) is 0 Å². The predicted molar refractivity (Wildman–Crippen MR) is 66.9 cm³/mol. The first kappa shape index (κ1) is 11.7. The van der Waals surface area contributed by atoms with E-state index in [1.807, 2.05) is 12.1 Å². The molecule has 0 radical (unpaired) electrons. The molecule has 1 fully saturated rings. The Morgan fingerprint density at radius 1 is 1.11 bits per heavy atom. The molecular weight excluding hydrogens is 300 g/mol. The molecule has 5 heteroatoms. The Balaban J connectivity index is 1.95. The van der Waals surface area contributed by atoms with Gasteiger partial charge in [0.05, 0.1) is 10.9 Å². The van der Waals surface area contributed by atoms with Crippen molar-refractivity contribution in [1.82, 2.24) is 0 Å². The molecule has 1 aliphatic carbocycles. The first-order chi connectivity index (χ1) is 8.63. The predicted octanol–water partition coefficient (Wildman–Crippen LogP) is 2.58. The van der Waals surface area contributed by atoms with Crippen molar-refractivity contribution in [1.29, 1.82) is 0 Å². The van der Waals surface area contributed by atoms with Gasteiger partial charge in [0.15, 0.2) is 11.5 Å². The largest absolute Gasteiger partial charge is 0.454 e. The molecule has 0 bridgehead atoms. The van der Waals surface area contributed by atoms with Crippen molar-refractivity contribution >= 4 is 27.5 Å². The summed E-state index contributed by atoms with van der Waals surface area (Å²) >= 11 is 3.42. The van der Waals surface area contributed by atoms with Gasteiger partial charge in [-0.15, -0.1) is 0 Å². The maximum atomic E-state index is 11.5. The fourth-order valence-electron chi connectivity index (χ4n) is 2.44. The van der Waals surface area contributed by atoms with Crippen molar-refractivity contribution in [2.24, 2.45) is 0 Å². The van der Waals surface area contributed by atoms with Crippen molar-refractivity contribution in [3.8, 4) is 11.5 Å². The standard InChI is InChI=1S/C13H11BrO4/c14-11-3-8(4-12-13(11)18-6-17-12)7-1-9(15)5-10(16)2-7/h3-4,7H,1-2,5-6H2. The summed E-state index contributed by atoms with van der Waals surface area (Å²) in [6.45, 7) is 0.208. The van der Waals surface area contributed by atoms with Gasteiger partial charge in [-0.1, -0.05) is 0 Å². The van der Waals surface area contributed by atoms with E-state index in [2.05, 4.69) is 15.9 Å². The Morgan fingerprint density at radius 2 is 1.83 bits per heavy atom. The lowest BCUT2D eigenvalue weighted by atomic mass is 9.82. The molecule has 1 saturated carbocycles. The number of ketones is 2. The van der Waals surface area contributed by atoms with Gasteiger partial charge in [0, 0.05) is 12.8 Å². The Bertz CT molecular complexity index is 522. The van der Waals surface area contributed by atoms with Crippen LogP contribution in [0, 0.1) is 0 Å².